The SMILES string of the molecule is N#CC(=Cc1ccc(C(F)(F)F)cc1)C(=O)Nc1ccc(C(=O)O)cc1. The highest BCUT2D eigenvalue weighted by Crippen LogP contribution is 2.29. The number of carbonyl (C=O) groups is 2. The van der Waals surface area contributed by atoms with E-state index < -0.39 is 23.6 Å². The van der Waals surface area contributed by atoms with Crippen LogP contribution in [0.25, 0.3) is 6.08 Å². The van der Waals surface area contributed by atoms with Crippen LogP contribution in [0.4, 0.5) is 18.9 Å². The van der Waals surface area contributed by atoms with Gasteiger partial charge in [0.2, 0.25) is 0 Å². The van der Waals surface area contributed by atoms with Crippen molar-refractivity contribution >= 4 is 23.6 Å². The van der Waals surface area contributed by atoms with E-state index >= 15 is 0 Å². The number of alkyl halides is 3. The fourth-order valence-corrected chi connectivity index (χ4v) is 1.98. The lowest BCUT2D eigenvalue weighted by atomic mass is 10.1. The standard InChI is InChI=1S/C18H11F3N2O3/c19-18(20,21)14-5-1-11(2-6-14)9-13(10-22)16(24)23-15-7-3-12(4-8-15)17(25)26/h1-9H,(H,23,24)(H,25,26). The molecule has 1 amide bonds. The molecule has 0 aliphatic rings. The molecular formula is C18H11F3N2O3. The number of nitrogens with one attached hydrogen (secondary N) is 1. The van der Waals surface area contributed by atoms with Crippen molar-refractivity contribution in [2.45, 2.75) is 6.18 Å². The smallest absolute Gasteiger partial charge is 0.416 e. The molecule has 0 aliphatic heterocycles. The molecule has 0 aliphatic carbocycles. The van der Waals surface area contributed by atoms with Crippen molar-refractivity contribution in [2.75, 3.05) is 5.32 Å². The number of anilines is 1. The van der Waals surface area contributed by atoms with Crippen molar-refractivity contribution in [1.29, 1.82) is 5.26 Å². The molecule has 0 spiro atoms. The second-order valence-corrected chi connectivity index (χ2v) is 5.13. The number of nitrogens with zero attached hydrogens (tertiary/aromatic N) is 1. The van der Waals surface area contributed by atoms with Crippen molar-refractivity contribution in [2.24, 2.45) is 0 Å². The summed E-state index contributed by atoms with van der Waals surface area (Å²) in [5.41, 5.74) is -0.591. The molecule has 0 radical (unpaired) electrons. The van der Waals surface area contributed by atoms with Crippen LogP contribution >= 0.6 is 0 Å². The molecule has 26 heavy (non-hydrogen) atoms. The molecule has 8 heteroatoms. The monoisotopic (exact) mass is 360 g/mol. The number of nitriles is 1. The molecular weight excluding hydrogens is 349 g/mol. The summed E-state index contributed by atoms with van der Waals surface area (Å²) in [6.45, 7) is 0. The van der Waals surface area contributed by atoms with Gasteiger partial charge < -0.3 is 10.4 Å². The van der Waals surface area contributed by atoms with Crippen molar-refractivity contribution in [1.82, 2.24) is 0 Å². The van der Waals surface area contributed by atoms with Gasteiger partial charge in [-0.3, -0.25) is 4.79 Å². The first-order valence-corrected chi connectivity index (χ1v) is 7.14. The predicted molar refractivity (Wildman–Crippen MR) is 87.1 cm³/mol. The third kappa shape index (κ3) is 4.70. The molecule has 0 saturated heterocycles. The molecule has 0 bridgehead atoms. The van der Waals surface area contributed by atoms with Gasteiger partial charge in [-0.1, -0.05) is 12.1 Å². The lowest BCUT2D eigenvalue weighted by Gasteiger charge is -2.07. The Morgan fingerprint density at radius 2 is 1.62 bits per heavy atom. The third-order valence-corrected chi connectivity index (χ3v) is 3.30. The molecule has 2 rings (SSSR count). The summed E-state index contributed by atoms with van der Waals surface area (Å²) in [7, 11) is 0. The Hall–Kier alpha value is -3.60. The third-order valence-electron chi connectivity index (χ3n) is 3.30. The number of rotatable bonds is 4. The number of carboxylic acids is 1. The largest absolute Gasteiger partial charge is 0.478 e. The molecule has 0 saturated carbocycles. The molecule has 0 unspecified atom stereocenters. The highest BCUT2D eigenvalue weighted by Gasteiger charge is 2.29. The lowest BCUT2D eigenvalue weighted by molar-refractivity contribution is -0.137. The van der Waals surface area contributed by atoms with Gasteiger partial charge in [-0.15, -0.1) is 0 Å². The van der Waals surface area contributed by atoms with Gasteiger partial charge in [-0.2, -0.15) is 18.4 Å². The minimum Gasteiger partial charge on any atom is -0.478 e. The van der Waals surface area contributed by atoms with Crippen molar-refractivity contribution < 1.29 is 27.9 Å². The summed E-state index contributed by atoms with van der Waals surface area (Å²) in [5, 5.41) is 20.3. The van der Waals surface area contributed by atoms with E-state index in [1.807, 2.05) is 0 Å². The summed E-state index contributed by atoms with van der Waals surface area (Å²) in [4.78, 5) is 22.9. The van der Waals surface area contributed by atoms with Crippen molar-refractivity contribution in [3.8, 4) is 6.07 Å². The van der Waals surface area contributed by atoms with Gasteiger partial charge in [0, 0.05) is 5.69 Å². The van der Waals surface area contributed by atoms with Crippen LogP contribution in [0.1, 0.15) is 21.5 Å². The van der Waals surface area contributed by atoms with E-state index in [0.717, 1.165) is 30.3 Å². The van der Waals surface area contributed by atoms with E-state index in [1.165, 1.54) is 24.3 Å². The van der Waals surface area contributed by atoms with Crippen molar-refractivity contribution in [3.05, 3.63) is 70.8 Å². The summed E-state index contributed by atoms with van der Waals surface area (Å²) in [6.07, 6.45) is -3.32. The fourth-order valence-electron chi connectivity index (χ4n) is 1.98. The van der Waals surface area contributed by atoms with Crippen LogP contribution in [-0.4, -0.2) is 17.0 Å². The molecule has 2 N–H and O–H groups in total. The Morgan fingerprint density at radius 3 is 2.08 bits per heavy atom. The number of hydrogen-bond acceptors (Lipinski definition) is 3. The highest BCUT2D eigenvalue weighted by molar-refractivity contribution is 6.09. The minimum atomic E-state index is -4.47. The molecule has 5 nitrogen and oxygen atoms in total. The molecule has 0 fully saturated rings. The maximum atomic E-state index is 12.5. The van der Waals surface area contributed by atoms with Crippen LogP contribution in [-0.2, 0) is 11.0 Å². The van der Waals surface area contributed by atoms with E-state index in [0.29, 0.717) is 0 Å². The predicted octanol–water partition coefficient (Wildman–Crippen LogP) is 3.95. The Bertz CT molecular complexity index is 893. The Labute approximate surface area is 146 Å². The Balaban J connectivity index is 2.16. The van der Waals surface area contributed by atoms with Crippen LogP contribution < -0.4 is 5.32 Å². The number of aromatic carboxylic acids is 1. The van der Waals surface area contributed by atoms with Gasteiger partial charge in [0.25, 0.3) is 5.91 Å². The van der Waals surface area contributed by atoms with Gasteiger partial charge in [0.1, 0.15) is 11.6 Å². The number of carbonyl (C=O) groups excluding carboxylic acids is 1. The first-order valence-electron chi connectivity index (χ1n) is 7.14. The van der Waals surface area contributed by atoms with Gasteiger partial charge >= 0.3 is 12.1 Å². The maximum Gasteiger partial charge on any atom is 0.416 e. The molecule has 0 aromatic heterocycles. The topological polar surface area (TPSA) is 90.2 Å². The molecule has 2 aromatic carbocycles. The van der Waals surface area contributed by atoms with Crippen LogP contribution in [0.3, 0.4) is 0 Å². The number of amides is 1. The first-order chi connectivity index (χ1) is 12.2. The first kappa shape index (κ1) is 18.7. The second-order valence-electron chi connectivity index (χ2n) is 5.13. The minimum absolute atomic E-state index is 0.0313. The van der Waals surface area contributed by atoms with E-state index in [4.69, 9.17) is 10.4 Å². The number of benzene rings is 2. The van der Waals surface area contributed by atoms with E-state index in [2.05, 4.69) is 5.32 Å². The lowest BCUT2D eigenvalue weighted by Crippen LogP contribution is -2.13. The van der Waals surface area contributed by atoms with E-state index in [-0.39, 0.29) is 22.4 Å². The van der Waals surface area contributed by atoms with E-state index in [9.17, 15) is 22.8 Å². The Kier molecular flexibility index (Phi) is 5.42. The zero-order chi connectivity index (χ0) is 19.3. The van der Waals surface area contributed by atoms with Crippen LogP contribution in [0.15, 0.2) is 54.1 Å². The summed E-state index contributed by atoms with van der Waals surface area (Å²) in [5.74, 6) is -1.89. The molecule has 132 valence electrons. The van der Waals surface area contributed by atoms with E-state index in [1.54, 1.807) is 6.07 Å². The van der Waals surface area contributed by atoms with Gasteiger partial charge in [-0.05, 0) is 48.0 Å². The summed E-state index contributed by atoms with van der Waals surface area (Å²) >= 11 is 0. The zero-order valence-corrected chi connectivity index (χ0v) is 13.0. The second kappa shape index (κ2) is 7.53. The zero-order valence-electron chi connectivity index (χ0n) is 13.0. The quantitative estimate of drug-likeness (QED) is 0.638. The number of halogens is 3. The Morgan fingerprint density at radius 1 is 1.04 bits per heavy atom. The van der Waals surface area contributed by atoms with Crippen LogP contribution in [0.5, 0.6) is 0 Å². The van der Waals surface area contributed by atoms with Crippen LogP contribution in [0.2, 0.25) is 0 Å². The summed E-state index contributed by atoms with van der Waals surface area (Å²) in [6, 6.07) is 10.9. The number of carboxylic acid groups (broad SMARTS) is 1. The van der Waals surface area contributed by atoms with Gasteiger partial charge in [-0.25, -0.2) is 4.79 Å². The summed E-state index contributed by atoms with van der Waals surface area (Å²) < 4.78 is 37.6. The van der Waals surface area contributed by atoms with Gasteiger partial charge in [0.05, 0.1) is 11.1 Å². The average Bonchev–Trinajstić information content (AvgIpc) is 2.59. The maximum absolute atomic E-state index is 12.5. The average molecular weight is 360 g/mol. The normalized spacial score (nSPS) is 11.5. The molecule has 0 heterocycles. The molecule has 0 atom stereocenters. The molecule has 2 aromatic rings. The highest BCUT2D eigenvalue weighted by atomic mass is 19.4. The fraction of sp³-hybridized carbons (Fsp3) is 0.0556. The van der Waals surface area contributed by atoms with Gasteiger partial charge in [0.15, 0.2) is 0 Å². The van der Waals surface area contributed by atoms with Crippen LogP contribution in [0, 0.1) is 11.3 Å². The van der Waals surface area contributed by atoms with Crippen molar-refractivity contribution in [3.63, 3.8) is 0 Å². The number of hydrogen-bond donors (Lipinski definition) is 2.